The van der Waals surface area contributed by atoms with Crippen molar-refractivity contribution in [3.05, 3.63) is 102 Å². The van der Waals surface area contributed by atoms with Crippen LogP contribution in [0.15, 0.2) is 84.9 Å². The summed E-state index contributed by atoms with van der Waals surface area (Å²) in [6, 6.07) is 27.6. The van der Waals surface area contributed by atoms with Crippen LogP contribution in [-0.2, 0) is 0 Å². The molecule has 1 saturated heterocycles. The number of carbonyl (C=O) groups excluding carboxylic acids is 1. The van der Waals surface area contributed by atoms with E-state index in [-0.39, 0.29) is 23.8 Å². The van der Waals surface area contributed by atoms with Gasteiger partial charge in [-0.05, 0) is 35.4 Å². The summed E-state index contributed by atoms with van der Waals surface area (Å²) in [6.07, 6.45) is 0. The average molecular weight is 447 g/mol. The van der Waals surface area contributed by atoms with Gasteiger partial charge >= 0.3 is 6.03 Å². The van der Waals surface area contributed by atoms with E-state index in [0.717, 1.165) is 31.9 Å². The van der Waals surface area contributed by atoms with Gasteiger partial charge in [-0.1, -0.05) is 60.7 Å². The molecule has 2 N–H and O–H groups in total. The van der Waals surface area contributed by atoms with Crippen LogP contribution in [0.3, 0.4) is 0 Å². The van der Waals surface area contributed by atoms with Gasteiger partial charge in [0.1, 0.15) is 5.82 Å². The van der Waals surface area contributed by atoms with Gasteiger partial charge in [0.05, 0.1) is 0 Å². The predicted molar refractivity (Wildman–Crippen MR) is 131 cm³/mol. The fourth-order valence-corrected chi connectivity index (χ4v) is 4.66. The molecule has 1 aliphatic heterocycles. The van der Waals surface area contributed by atoms with Gasteiger partial charge in [-0.25, -0.2) is 9.18 Å². The number of piperazine rings is 1. The maximum atomic E-state index is 13.4. The molecule has 6 heteroatoms. The van der Waals surface area contributed by atoms with Crippen LogP contribution in [0.5, 0.6) is 0 Å². The van der Waals surface area contributed by atoms with Crippen LogP contribution >= 0.6 is 0 Å². The highest BCUT2D eigenvalue weighted by Crippen LogP contribution is 2.36. The quantitative estimate of drug-likeness (QED) is 0.566. The van der Waals surface area contributed by atoms with E-state index in [0.29, 0.717) is 6.54 Å². The van der Waals surface area contributed by atoms with E-state index < -0.39 is 0 Å². The smallest absolute Gasteiger partial charge is 0.314 e. The van der Waals surface area contributed by atoms with E-state index in [9.17, 15) is 9.18 Å². The minimum atomic E-state index is -0.212. The molecule has 0 unspecified atom stereocenters. The van der Waals surface area contributed by atoms with Gasteiger partial charge in [0, 0.05) is 57.4 Å². The number of benzene rings is 3. The summed E-state index contributed by atoms with van der Waals surface area (Å²) in [5.41, 5.74) is 3.48. The number of anilines is 1. The highest BCUT2D eigenvalue weighted by molar-refractivity contribution is 5.73. The number of urea groups is 1. The van der Waals surface area contributed by atoms with E-state index in [1.165, 1.54) is 23.3 Å². The van der Waals surface area contributed by atoms with Crippen molar-refractivity contribution in [1.82, 2.24) is 15.5 Å². The normalized spacial score (nSPS) is 16.1. The molecule has 3 aromatic rings. The van der Waals surface area contributed by atoms with Crippen molar-refractivity contribution >= 4 is 11.7 Å². The zero-order valence-electron chi connectivity index (χ0n) is 19.0. The lowest BCUT2D eigenvalue weighted by Gasteiger charge is -2.43. The second kappa shape index (κ2) is 11.0. The van der Waals surface area contributed by atoms with Crippen LogP contribution in [0, 0.1) is 5.82 Å². The number of halogens is 1. The van der Waals surface area contributed by atoms with E-state index in [4.69, 9.17) is 0 Å². The number of nitrogens with one attached hydrogen (secondary N) is 2. The maximum Gasteiger partial charge on any atom is 0.314 e. The standard InChI is InChI=1S/C27H31FN4O/c1-29-27(33)30-20-25(21-8-4-2-5-9-21)26(22-10-6-3-7-11-22)32-18-16-31(17-19-32)24-14-12-23(28)13-15-24/h2-15,25-26H,16-20H2,1H3,(H2,29,30,33)/t25-,26+/m0/s1. The summed E-state index contributed by atoms with van der Waals surface area (Å²) in [5.74, 6) is -0.126. The predicted octanol–water partition coefficient (Wildman–Crippen LogP) is 4.40. The Morgan fingerprint density at radius 1 is 0.848 bits per heavy atom. The molecule has 2 amide bonds. The second-order valence-electron chi connectivity index (χ2n) is 8.33. The molecular weight excluding hydrogens is 415 g/mol. The molecule has 0 radical (unpaired) electrons. The van der Waals surface area contributed by atoms with E-state index >= 15 is 0 Å². The largest absolute Gasteiger partial charge is 0.369 e. The third-order valence-electron chi connectivity index (χ3n) is 6.36. The summed E-state index contributed by atoms with van der Waals surface area (Å²) >= 11 is 0. The molecule has 4 rings (SSSR count). The minimum absolute atomic E-state index is 0.0864. The fourth-order valence-electron chi connectivity index (χ4n) is 4.66. The maximum absolute atomic E-state index is 13.4. The summed E-state index contributed by atoms with van der Waals surface area (Å²) in [7, 11) is 1.64. The Balaban J connectivity index is 1.60. The van der Waals surface area contributed by atoms with E-state index in [2.05, 4.69) is 69.0 Å². The Morgan fingerprint density at radius 3 is 2.00 bits per heavy atom. The summed E-state index contributed by atoms with van der Waals surface area (Å²) in [4.78, 5) is 16.9. The molecule has 0 aliphatic carbocycles. The molecule has 172 valence electrons. The van der Waals surface area contributed by atoms with Gasteiger partial charge in [-0.3, -0.25) is 4.90 Å². The van der Waals surface area contributed by atoms with Crippen LogP contribution in [0.1, 0.15) is 23.1 Å². The number of rotatable bonds is 7. The average Bonchev–Trinajstić information content (AvgIpc) is 2.88. The zero-order valence-corrected chi connectivity index (χ0v) is 19.0. The number of hydrogen-bond donors (Lipinski definition) is 2. The first-order chi connectivity index (χ1) is 16.2. The van der Waals surface area contributed by atoms with Gasteiger partial charge in [-0.15, -0.1) is 0 Å². The van der Waals surface area contributed by atoms with Crippen molar-refractivity contribution in [3.63, 3.8) is 0 Å². The molecule has 0 saturated carbocycles. The van der Waals surface area contributed by atoms with Crippen molar-refractivity contribution in [2.75, 3.05) is 44.7 Å². The second-order valence-corrected chi connectivity index (χ2v) is 8.33. The van der Waals surface area contributed by atoms with Crippen molar-refractivity contribution in [3.8, 4) is 0 Å². The van der Waals surface area contributed by atoms with Crippen molar-refractivity contribution < 1.29 is 9.18 Å². The first kappa shape index (κ1) is 22.8. The Kier molecular flexibility index (Phi) is 7.58. The molecule has 1 fully saturated rings. The molecule has 33 heavy (non-hydrogen) atoms. The first-order valence-electron chi connectivity index (χ1n) is 11.5. The van der Waals surface area contributed by atoms with Crippen LogP contribution < -0.4 is 15.5 Å². The topological polar surface area (TPSA) is 47.6 Å². The summed E-state index contributed by atoms with van der Waals surface area (Å²) in [6.45, 7) is 4.00. The highest BCUT2D eigenvalue weighted by Gasteiger charge is 2.32. The van der Waals surface area contributed by atoms with Gasteiger partial charge in [0.15, 0.2) is 0 Å². The molecule has 0 spiro atoms. The third kappa shape index (κ3) is 5.71. The van der Waals surface area contributed by atoms with Crippen molar-refractivity contribution in [2.24, 2.45) is 0 Å². The molecule has 1 aliphatic rings. The highest BCUT2D eigenvalue weighted by atomic mass is 19.1. The SMILES string of the molecule is CNC(=O)NC[C@@H](c1ccccc1)[C@@H](c1ccccc1)N1CCN(c2ccc(F)cc2)CC1. The van der Waals surface area contributed by atoms with E-state index in [1.54, 1.807) is 7.05 Å². The zero-order chi connectivity index (χ0) is 23.0. The molecule has 2 atom stereocenters. The van der Waals surface area contributed by atoms with Crippen LogP contribution in [0.25, 0.3) is 0 Å². The lowest BCUT2D eigenvalue weighted by atomic mass is 9.85. The van der Waals surface area contributed by atoms with Crippen LogP contribution in [-0.4, -0.2) is 50.7 Å². The molecule has 0 bridgehead atoms. The Labute approximate surface area is 195 Å². The summed E-state index contributed by atoms with van der Waals surface area (Å²) in [5, 5.41) is 5.70. The first-order valence-corrected chi connectivity index (χ1v) is 11.5. The fraction of sp³-hybridized carbons (Fsp3) is 0.296. The third-order valence-corrected chi connectivity index (χ3v) is 6.36. The number of amides is 2. The number of nitrogens with zero attached hydrogens (tertiary/aromatic N) is 2. The van der Waals surface area contributed by atoms with Crippen LogP contribution in [0.4, 0.5) is 14.9 Å². The Hall–Kier alpha value is -3.38. The van der Waals surface area contributed by atoms with Gasteiger partial charge in [0.25, 0.3) is 0 Å². The minimum Gasteiger partial charge on any atom is -0.369 e. The lowest BCUT2D eigenvalue weighted by molar-refractivity contribution is 0.159. The summed E-state index contributed by atoms with van der Waals surface area (Å²) < 4.78 is 13.4. The molecule has 0 aromatic heterocycles. The molecule has 5 nitrogen and oxygen atoms in total. The van der Waals surface area contributed by atoms with Crippen molar-refractivity contribution in [2.45, 2.75) is 12.0 Å². The molecule has 1 heterocycles. The Morgan fingerprint density at radius 2 is 1.42 bits per heavy atom. The van der Waals surface area contributed by atoms with E-state index in [1.807, 2.05) is 24.3 Å². The Bertz CT molecular complexity index is 1010. The number of hydrogen-bond acceptors (Lipinski definition) is 3. The molecule has 3 aromatic carbocycles. The van der Waals surface area contributed by atoms with Crippen LogP contribution in [0.2, 0.25) is 0 Å². The van der Waals surface area contributed by atoms with Gasteiger partial charge in [0.2, 0.25) is 0 Å². The van der Waals surface area contributed by atoms with Gasteiger partial charge in [-0.2, -0.15) is 0 Å². The lowest BCUT2D eigenvalue weighted by Crippen LogP contribution is -2.50. The van der Waals surface area contributed by atoms with Crippen molar-refractivity contribution in [1.29, 1.82) is 0 Å². The monoisotopic (exact) mass is 446 g/mol. The molecular formula is C27H31FN4O. The van der Waals surface area contributed by atoms with Gasteiger partial charge < -0.3 is 15.5 Å². The number of carbonyl (C=O) groups is 1.